The van der Waals surface area contributed by atoms with E-state index in [1.807, 2.05) is 12.1 Å². The number of hydrogen-bond donors (Lipinski definition) is 2. The van der Waals surface area contributed by atoms with Crippen LogP contribution < -0.4 is 0 Å². The second-order valence-corrected chi connectivity index (χ2v) is 23.4. The number of benzene rings is 1. The summed E-state index contributed by atoms with van der Waals surface area (Å²) in [6.07, 6.45) is 8.79. The highest BCUT2D eigenvalue weighted by molar-refractivity contribution is 6.71. The Hall–Kier alpha value is -0.869. The molecule has 0 aliphatic heterocycles. The maximum absolute atomic E-state index is 11.0. The molecule has 0 heterocycles. The predicted octanol–water partition coefficient (Wildman–Crippen LogP) is 7.48. The molecule has 3 atom stereocenters. The topological polar surface area (TPSA) is 58.9 Å². The molecular formula is C28H52O4Si3. The first-order valence-electron chi connectivity index (χ1n) is 13.8. The molecule has 1 aliphatic rings. The van der Waals surface area contributed by atoms with Gasteiger partial charge < -0.3 is 19.1 Å². The molecule has 0 amide bonds. The normalized spacial score (nSPS) is 20.6. The molecule has 200 valence electrons. The Morgan fingerprint density at radius 1 is 1.00 bits per heavy atom. The van der Waals surface area contributed by atoms with E-state index >= 15 is 0 Å². The van der Waals surface area contributed by atoms with E-state index < -0.39 is 26.2 Å². The zero-order valence-electron chi connectivity index (χ0n) is 23.9. The van der Waals surface area contributed by atoms with Crippen LogP contribution >= 0.6 is 0 Å². The van der Waals surface area contributed by atoms with Crippen LogP contribution in [0.4, 0.5) is 0 Å². The quantitative estimate of drug-likeness (QED) is 0.119. The van der Waals surface area contributed by atoms with Crippen LogP contribution in [0, 0.1) is 11.8 Å². The predicted molar refractivity (Wildman–Crippen MR) is 157 cm³/mol. The van der Waals surface area contributed by atoms with Crippen molar-refractivity contribution in [3.05, 3.63) is 34.9 Å². The van der Waals surface area contributed by atoms with Crippen LogP contribution in [0.1, 0.15) is 69.9 Å². The fourth-order valence-electron chi connectivity index (χ4n) is 5.31. The van der Waals surface area contributed by atoms with Gasteiger partial charge in [0.1, 0.15) is 17.4 Å². The maximum Gasteiger partial charge on any atom is 0.186 e. The molecular weight excluding hydrogens is 485 g/mol. The first kappa shape index (κ1) is 30.4. The minimum absolute atomic E-state index is 0.000637. The fourth-order valence-corrected chi connectivity index (χ4v) is 12.3. The van der Waals surface area contributed by atoms with Gasteiger partial charge in [0.15, 0.2) is 16.6 Å². The smallest absolute Gasteiger partial charge is 0.186 e. The monoisotopic (exact) mass is 536 g/mol. The molecule has 2 N–H and O–H groups in total. The van der Waals surface area contributed by atoms with Crippen LogP contribution in [-0.4, -0.2) is 42.3 Å². The van der Waals surface area contributed by atoms with Crippen molar-refractivity contribution in [1.29, 1.82) is 0 Å². The van der Waals surface area contributed by atoms with Gasteiger partial charge in [0.25, 0.3) is 0 Å². The SMILES string of the molecule is CCCCCc1cc(O)c(C2C=C(C)CC[C@H]2C(C)C[SiH2]C(O[Si](C)(C)C)O[Si](C)(C)C)c(O)c1. The molecule has 0 radical (unpaired) electrons. The molecule has 1 aliphatic carbocycles. The molecule has 0 saturated carbocycles. The average Bonchev–Trinajstić information content (AvgIpc) is 2.69. The van der Waals surface area contributed by atoms with Crippen molar-refractivity contribution in [3.8, 4) is 11.5 Å². The molecule has 4 nitrogen and oxygen atoms in total. The summed E-state index contributed by atoms with van der Waals surface area (Å²) in [6.45, 7) is 20.2. The molecule has 0 saturated heterocycles. The second-order valence-electron chi connectivity index (χ2n) is 12.7. The highest BCUT2D eigenvalue weighted by atomic mass is 28.4. The summed E-state index contributed by atoms with van der Waals surface area (Å²) < 4.78 is 13.0. The number of rotatable bonds is 13. The molecule has 35 heavy (non-hydrogen) atoms. The second kappa shape index (κ2) is 13.1. The zero-order valence-corrected chi connectivity index (χ0v) is 27.3. The number of aryl methyl sites for hydroxylation is 1. The lowest BCUT2D eigenvalue weighted by Gasteiger charge is -2.37. The molecule has 0 aromatic heterocycles. The molecule has 0 fully saturated rings. The van der Waals surface area contributed by atoms with Gasteiger partial charge in [-0.1, -0.05) is 44.4 Å². The number of unbranched alkanes of at least 4 members (excludes halogenated alkanes) is 2. The van der Waals surface area contributed by atoms with Crippen molar-refractivity contribution in [2.24, 2.45) is 11.8 Å². The molecule has 1 aromatic carbocycles. The molecule has 7 heteroatoms. The third-order valence-corrected chi connectivity index (χ3v) is 11.6. The zero-order chi connectivity index (χ0) is 26.4. The Morgan fingerprint density at radius 2 is 1.57 bits per heavy atom. The van der Waals surface area contributed by atoms with Crippen molar-refractivity contribution in [3.63, 3.8) is 0 Å². The van der Waals surface area contributed by atoms with Crippen molar-refractivity contribution >= 4 is 26.2 Å². The standard InChI is InChI=1S/C28H52O4Si3/c1-10-11-12-13-22-17-25(29)27(26(30)18-22)24-16-20(2)14-15-23(24)21(3)19-33-28(31-34(4,5)6)32-35(7,8)9/h16-18,21,23-24,28-30H,10-15,19,33H2,1-9H3/t21?,23-,24?/m0/s1. The maximum atomic E-state index is 11.0. The van der Waals surface area contributed by atoms with E-state index in [-0.39, 0.29) is 23.3 Å². The lowest BCUT2D eigenvalue weighted by molar-refractivity contribution is 0.0597. The number of phenolic OH excluding ortho intramolecular Hbond substituents is 2. The third-order valence-electron chi connectivity index (χ3n) is 6.95. The summed E-state index contributed by atoms with van der Waals surface area (Å²) in [7, 11) is -3.97. The summed E-state index contributed by atoms with van der Waals surface area (Å²) in [5.74, 6) is 1.43. The van der Waals surface area contributed by atoms with E-state index in [1.165, 1.54) is 12.0 Å². The van der Waals surface area contributed by atoms with E-state index in [4.69, 9.17) is 8.85 Å². The summed E-state index contributed by atoms with van der Waals surface area (Å²) in [5, 5.41) is 22.1. The van der Waals surface area contributed by atoms with Crippen molar-refractivity contribution in [1.82, 2.24) is 0 Å². The number of allylic oxidation sites excluding steroid dienone is 2. The Bertz CT molecular complexity index is 803. The van der Waals surface area contributed by atoms with Crippen LogP contribution in [0.3, 0.4) is 0 Å². The molecule has 2 unspecified atom stereocenters. The van der Waals surface area contributed by atoms with E-state index in [0.717, 1.165) is 49.3 Å². The van der Waals surface area contributed by atoms with Gasteiger partial charge in [-0.3, -0.25) is 0 Å². The van der Waals surface area contributed by atoms with Crippen molar-refractivity contribution in [2.45, 2.75) is 116 Å². The van der Waals surface area contributed by atoms with Crippen LogP contribution in [-0.2, 0) is 15.3 Å². The Morgan fingerprint density at radius 3 is 2.09 bits per heavy atom. The minimum atomic E-state index is -1.68. The Balaban J connectivity index is 2.21. The molecule has 0 spiro atoms. The summed E-state index contributed by atoms with van der Waals surface area (Å²) >= 11 is 0. The number of aromatic hydroxyl groups is 2. The number of hydrogen-bond acceptors (Lipinski definition) is 4. The van der Waals surface area contributed by atoms with Crippen LogP contribution in [0.25, 0.3) is 0 Å². The van der Waals surface area contributed by atoms with Crippen molar-refractivity contribution in [2.75, 3.05) is 0 Å². The lowest BCUT2D eigenvalue weighted by atomic mass is 9.71. The summed E-state index contributed by atoms with van der Waals surface area (Å²) in [5.41, 5.74) is 3.10. The molecule has 1 aromatic rings. The van der Waals surface area contributed by atoms with Crippen LogP contribution in [0.15, 0.2) is 23.8 Å². The van der Waals surface area contributed by atoms with E-state index in [0.29, 0.717) is 11.8 Å². The molecule has 2 rings (SSSR count). The average molecular weight is 537 g/mol. The van der Waals surface area contributed by atoms with E-state index in [1.54, 1.807) is 0 Å². The van der Waals surface area contributed by atoms with Gasteiger partial charge in [0.05, 0.1) is 9.52 Å². The van der Waals surface area contributed by atoms with Gasteiger partial charge in [-0.25, -0.2) is 0 Å². The largest absolute Gasteiger partial charge is 0.507 e. The fraction of sp³-hybridized carbons (Fsp3) is 0.714. The van der Waals surface area contributed by atoms with Crippen LogP contribution in [0.5, 0.6) is 11.5 Å². The van der Waals surface area contributed by atoms with Gasteiger partial charge in [0.2, 0.25) is 0 Å². The summed E-state index contributed by atoms with van der Waals surface area (Å²) in [6, 6.07) is 4.92. The molecule has 0 bridgehead atoms. The highest BCUT2D eigenvalue weighted by Crippen LogP contribution is 2.47. The van der Waals surface area contributed by atoms with E-state index in [2.05, 4.69) is 66.1 Å². The first-order valence-corrected chi connectivity index (χ1v) is 22.4. The van der Waals surface area contributed by atoms with Crippen molar-refractivity contribution < 1.29 is 19.1 Å². The lowest BCUT2D eigenvalue weighted by Crippen LogP contribution is -2.43. The van der Waals surface area contributed by atoms with E-state index in [9.17, 15) is 10.2 Å². The van der Waals surface area contributed by atoms with Gasteiger partial charge in [-0.2, -0.15) is 0 Å². The Kier molecular flexibility index (Phi) is 11.3. The minimum Gasteiger partial charge on any atom is -0.507 e. The summed E-state index contributed by atoms with van der Waals surface area (Å²) in [4.78, 5) is 0. The van der Waals surface area contributed by atoms with Gasteiger partial charge >= 0.3 is 0 Å². The third kappa shape index (κ3) is 10.2. The Labute approximate surface area is 219 Å². The van der Waals surface area contributed by atoms with Gasteiger partial charge in [0, 0.05) is 11.5 Å². The first-order chi connectivity index (χ1) is 16.2. The van der Waals surface area contributed by atoms with Crippen LogP contribution in [0.2, 0.25) is 45.3 Å². The number of phenols is 2. The highest BCUT2D eigenvalue weighted by Gasteiger charge is 2.34. The van der Waals surface area contributed by atoms with Gasteiger partial charge in [-0.05, 0) is 101 Å². The van der Waals surface area contributed by atoms with Gasteiger partial charge in [-0.15, -0.1) is 0 Å².